The van der Waals surface area contributed by atoms with Gasteiger partial charge in [0.25, 0.3) is 0 Å². The number of hydrogen-bond acceptors (Lipinski definition) is 2. The predicted molar refractivity (Wildman–Crippen MR) is 123 cm³/mol. The smallest absolute Gasteiger partial charge is 0.123 e. The summed E-state index contributed by atoms with van der Waals surface area (Å²) in [5.41, 5.74) is 2.51. The van der Waals surface area contributed by atoms with E-state index in [1.807, 2.05) is 0 Å². The number of para-hydroxylation sites is 1. The fraction of sp³-hybridized carbons (Fsp3) is 0.360. The molecule has 0 saturated heterocycles. The van der Waals surface area contributed by atoms with E-state index in [9.17, 15) is 0 Å². The van der Waals surface area contributed by atoms with Gasteiger partial charge in [0.15, 0.2) is 0 Å². The molecule has 3 rings (SSSR count). The highest BCUT2D eigenvalue weighted by molar-refractivity contribution is 5.85. The molecule has 3 heteroatoms. The minimum absolute atomic E-state index is 0. The molecule has 0 heterocycles. The Balaban J connectivity index is 0.00000280. The van der Waals surface area contributed by atoms with Crippen LogP contribution in [0.1, 0.15) is 37.8 Å². The first kappa shape index (κ1) is 22.3. The fourth-order valence-corrected chi connectivity index (χ4v) is 3.59. The fourth-order valence-electron chi connectivity index (χ4n) is 3.59. The van der Waals surface area contributed by atoms with E-state index in [0.29, 0.717) is 6.61 Å². The van der Waals surface area contributed by atoms with Crippen LogP contribution >= 0.6 is 12.4 Å². The third kappa shape index (κ3) is 6.25. The Morgan fingerprint density at radius 1 is 0.750 bits per heavy atom. The van der Waals surface area contributed by atoms with Crippen LogP contribution in [0.3, 0.4) is 0 Å². The average Bonchev–Trinajstić information content (AvgIpc) is 2.71. The van der Waals surface area contributed by atoms with Crippen LogP contribution in [-0.2, 0) is 13.0 Å². The minimum Gasteiger partial charge on any atom is -0.489 e. The summed E-state index contributed by atoms with van der Waals surface area (Å²) in [5, 5.41) is 2.54. The number of fused-ring (bicyclic) bond motifs is 1. The summed E-state index contributed by atoms with van der Waals surface area (Å²) in [7, 11) is 0. The topological polar surface area (TPSA) is 12.5 Å². The number of rotatable bonds is 10. The van der Waals surface area contributed by atoms with Crippen LogP contribution in [0.2, 0.25) is 0 Å². The van der Waals surface area contributed by atoms with Crippen molar-refractivity contribution >= 4 is 23.2 Å². The molecule has 0 amide bonds. The van der Waals surface area contributed by atoms with E-state index in [-0.39, 0.29) is 12.4 Å². The van der Waals surface area contributed by atoms with Gasteiger partial charge in [0.05, 0.1) is 0 Å². The Bertz CT molecular complexity index is 843. The molecule has 0 aliphatic heterocycles. The molecule has 0 aliphatic rings. The van der Waals surface area contributed by atoms with Crippen molar-refractivity contribution in [2.24, 2.45) is 0 Å². The molecule has 0 aromatic heterocycles. The van der Waals surface area contributed by atoms with E-state index >= 15 is 0 Å². The van der Waals surface area contributed by atoms with E-state index in [4.69, 9.17) is 4.74 Å². The van der Waals surface area contributed by atoms with Crippen LogP contribution in [0.15, 0.2) is 66.7 Å². The van der Waals surface area contributed by atoms with Crippen LogP contribution in [0.25, 0.3) is 10.8 Å². The molecule has 0 N–H and O–H groups in total. The lowest BCUT2D eigenvalue weighted by Crippen LogP contribution is -2.27. The second kappa shape index (κ2) is 11.7. The maximum Gasteiger partial charge on any atom is 0.123 e. The van der Waals surface area contributed by atoms with E-state index in [2.05, 4.69) is 85.5 Å². The molecule has 0 spiro atoms. The van der Waals surface area contributed by atoms with E-state index in [1.54, 1.807) is 0 Å². The summed E-state index contributed by atoms with van der Waals surface area (Å²) < 4.78 is 6.21. The van der Waals surface area contributed by atoms with Gasteiger partial charge in [-0.3, -0.25) is 0 Å². The molecule has 28 heavy (non-hydrogen) atoms. The highest BCUT2D eigenvalue weighted by Crippen LogP contribution is 2.22. The highest BCUT2D eigenvalue weighted by atomic mass is 35.5. The molecule has 3 aromatic rings. The summed E-state index contributed by atoms with van der Waals surface area (Å²) in [4.78, 5) is 2.56. The lowest BCUT2D eigenvalue weighted by atomic mass is 10.1. The van der Waals surface area contributed by atoms with Gasteiger partial charge < -0.3 is 9.64 Å². The molecule has 0 atom stereocenters. The highest BCUT2D eigenvalue weighted by Gasteiger charge is 2.07. The summed E-state index contributed by atoms with van der Waals surface area (Å²) in [6, 6.07) is 23.5. The third-order valence-electron chi connectivity index (χ3n) is 4.96. The van der Waals surface area contributed by atoms with Gasteiger partial charge >= 0.3 is 0 Å². The van der Waals surface area contributed by atoms with Gasteiger partial charge in [0.1, 0.15) is 12.4 Å². The molecule has 0 unspecified atom stereocenters. The molecule has 3 aromatic carbocycles. The number of nitrogens with zero attached hydrogens (tertiary/aromatic N) is 1. The molecule has 0 radical (unpaired) electrons. The number of halogens is 1. The van der Waals surface area contributed by atoms with Crippen molar-refractivity contribution < 1.29 is 4.74 Å². The maximum atomic E-state index is 6.21. The molecule has 0 aliphatic carbocycles. The van der Waals surface area contributed by atoms with E-state index in [1.165, 1.54) is 47.8 Å². The van der Waals surface area contributed by atoms with Gasteiger partial charge in [0.2, 0.25) is 0 Å². The average molecular weight is 398 g/mol. The largest absolute Gasteiger partial charge is 0.489 e. The Hall–Kier alpha value is -2.03. The molecule has 0 fully saturated rings. The molecule has 0 bridgehead atoms. The van der Waals surface area contributed by atoms with Gasteiger partial charge in [-0.2, -0.15) is 0 Å². The first-order chi connectivity index (χ1) is 13.3. The van der Waals surface area contributed by atoms with Crippen molar-refractivity contribution in [1.29, 1.82) is 0 Å². The molecule has 2 nitrogen and oxygen atoms in total. The number of ether oxygens (including phenoxy) is 1. The second-order valence-electron chi connectivity index (χ2n) is 7.17. The zero-order valence-corrected chi connectivity index (χ0v) is 17.9. The SMILES string of the molecule is CCCN(CCC)CCc1ccccc1OCc1ccc2ccccc2c1.Cl. The molecular weight excluding hydrogens is 366 g/mol. The molecule has 150 valence electrons. The van der Waals surface area contributed by atoms with Crippen LogP contribution in [0, 0.1) is 0 Å². The van der Waals surface area contributed by atoms with Crippen molar-refractivity contribution in [1.82, 2.24) is 4.90 Å². The van der Waals surface area contributed by atoms with Crippen molar-refractivity contribution in [3.63, 3.8) is 0 Å². The Labute approximate surface area is 175 Å². The second-order valence-corrected chi connectivity index (χ2v) is 7.17. The normalized spacial score (nSPS) is 10.8. The monoisotopic (exact) mass is 397 g/mol. The first-order valence-electron chi connectivity index (χ1n) is 10.2. The Kier molecular flexibility index (Phi) is 9.33. The molecule has 0 saturated carbocycles. The molecular formula is C25H32ClNO. The standard InChI is InChI=1S/C25H31NO.ClH/c1-3-16-26(17-4-2)18-15-23-10-7-8-12-25(23)27-20-21-13-14-22-9-5-6-11-24(22)19-21;/h5-14,19H,3-4,15-18,20H2,1-2H3;1H. The zero-order chi connectivity index (χ0) is 18.9. The van der Waals surface area contributed by atoms with Crippen molar-refractivity contribution in [2.75, 3.05) is 19.6 Å². The van der Waals surface area contributed by atoms with Gasteiger partial charge in [0, 0.05) is 6.54 Å². The Morgan fingerprint density at radius 2 is 1.43 bits per heavy atom. The first-order valence-corrected chi connectivity index (χ1v) is 10.2. The number of benzene rings is 3. The lowest BCUT2D eigenvalue weighted by Gasteiger charge is -2.21. The summed E-state index contributed by atoms with van der Waals surface area (Å²) in [5.74, 6) is 1.01. The number of hydrogen-bond donors (Lipinski definition) is 0. The summed E-state index contributed by atoms with van der Waals surface area (Å²) in [6.07, 6.45) is 3.45. The van der Waals surface area contributed by atoms with Crippen LogP contribution in [-0.4, -0.2) is 24.5 Å². The quantitative estimate of drug-likeness (QED) is 0.387. The van der Waals surface area contributed by atoms with Crippen molar-refractivity contribution in [2.45, 2.75) is 39.7 Å². The maximum absolute atomic E-state index is 6.21. The van der Waals surface area contributed by atoms with E-state index in [0.717, 1.165) is 18.7 Å². The zero-order valence-electron chi connectivity index (χ0n) is 17.1. The van der Waals surface area contributed by atoms with Gasteiger partial charge in [-0.05, 0) is 66.4 Å². The van der Waals surface area contributed by atoms with Crippen molar-refractivity contribution in [3.8, 4) is 5.75 Å². The van der Waals surface area contributed by atoms with Crippen LogP contribution in [0.4, 0.5) is 0 Å². The van der Waals surface area contributed by atoms with Crippen LogP contribution < -0.4 is 4.74 Å². The van der Waals surface area contributed by atoms with E-state index < -0.39 is 0 Å². The third-order valence-corrected chi connectivity index (χ3v) is 4.96. The lowest BCUT2D eigenvalue weighted by molar-refractivity contribution is 0.272. The van der Waals surface area contributed by atoms with Gasteiger partial charge in [-0.1, -0.05) is 68.4 Å². The summed E-state index contributed by atoms with van der Waals surface area (Å²) in [6.45, 7) is 8.56. The van der Waals surface area contributed by atoms with Crippen LogP contribution in [0.5, 0.6) is 5.75 Å². The van der Waals surface area contributed by atoms with Gasteiger partial charge in [-0.25, -0.2) is 0 Å². The van der Waals surface area contributed by atoms with Crippen molar-refractivity contribution in [3.05, 3.63) is 77.9 Å². The van der Waals surface area contributed by atoms with Gasteiger partial charge in [-0.15, -0.1) is 12.4 Å². The summed E-state index contributed by atoms with van der Waals surface area (Å²) >= 11 is 0. The minimum atomic E-state index is 0. The Morgan fingerprint density at radius 3 is 2.18 bits per heavy atom. The predicted octanol–water partition coefficient (Wildman–Crippen LogP) is 6.51.